The van der Waals surface area contributed by atoms with E-state index in [4.69, 9.17) is 14.6 Å². The molecule has 1 aromatic carbocycles. The maximum Gasteiger partial charge on any atom is 0.303 e. The summed E-state index contributed by atoms with van der Waals surface area (Å²) >= 11 is 0. The average molecular weight is 449 g/mol. The fourth-order valence-electron chi connectivity index (χ4n) is 3.87. The van der Waals surface area contributed by atoms with Crippen molar-refractivity contribution in [3.8, 4) is 0 Å². The van der Waals surface area contributed by atoms with Gasteiger partial charge in [-0.3, -0.25) is 9.59 Å². The number of aliphatic carboxylic acids is 1. The van der Waals surface area contributed by atoms with Gasteiger partial charge in [0.1, 0.15) is 0 Å². The summed E-state index contributed by atoms with van der Waals surface area (Å²) in [5, 5.41) is 8.62. The second-order valence-electron chi connectivity index (χ2n) is 8.72. The fraction of sp³-hybridized carbons (Fsp3) is 0.704. The highest BCUT2D eigenvalue weighted by atomic mass is 16.5. The van der Waals surface area contributed by atoms with E-state index in [9.17, 15) is 9.59 Å². The lowest BCUT2D eigenvalue weighted by Crippen LogP contribution is -2.14. The van der Waals surface area contributed by atoms with Gasteiger partial charge >= 0.3 is 11.9 Å². The summed E-state index contributed by atoms with van der Waals surface area (Å²) in [7, 11) is 0. The third kappa shape index (κ3) is 17.8. The molecule has 1 N–H and O–H groups in total. The molecule has 0 saturated carbocycles. The molecule has 1 atom stereocenters. The Balaban J connectivity index is 2.06. The molecule has 0 saturated heterocycles. The summed E-state index contributed by atoms with van der Waals surface area (Å²) in [6.07, 6.45) is 16.4. The van der Waals surface area contributed by atoms with Crippen LogP contribution in [-0.2, 0) is 25.7 Å². The second kappa shape index (κ2) is 19.8. The number of benzene rings is 1. The standard InChI is InChI=1S/C27H44O5/c1-24(28)31-22-16-20-26(32-23-25-17-12-11-13-18-25)19-14-9-7-5-3-2-4-6-8-10-15-21-27(29)30/h11-13,17-18,26H,2-10,14-16,19-23H2,1H3,(H,29,30). The zero-order chi connectivity index (χ0) is 23.3. The number of ether oxygens (including phenoxy) is 2. The van der Waals surface area contributed by atoms with Gasteiger partial charge < -0.3 is 14.6 Å². The van der Waals surface area contributed by atoms with Gasteiger partial charge in [-0.2, -0.15) is 0 Å². The summed E-state index contributed by atoms with van der Waals surface area (Å²) in [5.74, 6) is -0.897. The van der Waals surface area contributed by atoms with Crippen LogP contribution in [0.1, 0.15) is 109 Å². The highest BCUT2D eigenvalue weighted by Crippen LogP contribution is 2.17. The normalized spacial score (nSPS) is 11.9. The Kier molecular flexibility index (Phi) is 17.4. The summed E-state index contributed by atoms with van der Waals surface area (Å²) < 4.78 is 11.2. The van der Waals surface area contributed by atoms with Gasteiger partial charge in [0.05, 0.1) is 19.3 Å². The van der Waals surface area contributed by atoms with Gasteiger partial charge in [-0.1, -0.05) is 94.5 Å². The molecule has 1 unspecified atom stereocenters. The van der Waals surface area contributed by atoms with Crippen molar-refractivity contribution in [2.45, 2.75) is 116 Å². The van der Waals surface area contributed by atoms with Gasteiger partial charge in [0, 0.05) is 13.3 Å². The van der Waals surface area contributed by atoms with Crippen molar-refractivity contribution in [3.63, 3.8) is 0 Å². The molecule has 0 spiro atoms. The molecule has 0 heterocycles. The summed E-state index contributed by atoms with van der Waals surface area (Å²) in [6, 6.07) is 10.3. The largest absolute Gasteiger partial charge is 0.481 e. The molecule has 0 aliphatic rings. The molecule has 1 rings (SSSR count). The summed E-state index contributed by atoms with van der Waals surface area (Å²) in [6.45, 7) is 2.56. The van der Waals surface area contributed by atoms with Crippen LogP contribution in [0.3, 0.4) is 0 Å². The van der Waals surface area contributed by atoms with Crippen LogP contribution in [0.15, 0.2) is 30.3 Å². The van der Waals surface area contributed by atoms with Crippen molar-refractivity contribution < 1.29 is 24.2 Å². The Morgan fingerprint density at radius 3 is 1.88 bits per heavy atom. The maximum absolute atomic E-state index is 10.9. The Morgan fingerprint density at radius 2 is 1.31 bits per heavy atom. The molecule has 0 fully saturated rings. The SMILES string of the molecule is CC(=O)OCCCC(CCCCCCCCCCCCCC(=O)O)OCc1ccccc1. The van der Waals surface area contributed by atoms with Gasteiger partial charge in [-0.15, -0.1) is 0 Å². The molecular formula is C27H44O5. The first-order chi connectivity index (χ1) is 15.6. The number of unbranched alkanes of at least 4 members (excludes halogenated alkanes) is 10. The summed E-state index contributed by atoms with van der Waals surface area (Å²) in [4.78, 5) is 21.4. The third-order valence-corrected chi connectivity index (χ3v) is 5.72. The first kappa shape index (κ1) is 28.2. The van der Waals surface area contributed by atoms with Gasteiger partial charge in [0.15, 0.2) is 0 Å². The van der Waals surface area contributed by atoms with Gasteiger partial charge in [-0.25, -0.2) is 0 Å². The number of hydrogen-bond donors (Lipinski definition) is 1. The molecule has 0 aliphatic carbocycles. The third-order valence-electron chi connectivity index (χ3n) is 5.72. The minimum atomic E-state index is -0.680. The van der Waals surface area contributed by atoms with Gasteiger partial charge in [-0.05, 0) is 31.2 Å². The van der Waals surface area contributed by atoms with E-state index in [1.807, 2.05) is 18.2 Å². The Labute approximate surface area is 194 Å². The summed E-state index contributed by atoms with van der Waals surface area (Å²) in [5.41, 5.74) is 1.19. The van der Waals surface area contributed by atoms with E-state index in [0.29, 0.717) is 19.6 Å². The molecule has 32 heavy (non-hydrogen) atoms. The van der Waals surface area contributed by atoms with E-state index >= 15 is 0 Å². The van der Waals surface area contributed by atoms with Gasteiger partial charge in [0.2, 0.25) is 0 Å². The van der Waals surface area contributed by atoms with E-state index in [-0.39, 0.29) is 12.1 Å². The molecule has 0 aliphatic heterocycles. The zero-order valence-electron chi connectivity index (χ0n) is 20.1. The Morgan fingerprint density at radius 1 is 0.781 bits per heavy atom. The van der Waals surface area contributed by atoms with Crippen molar-refractivity contribution in [1.82, 2.24) is 0 Å². The Hall–Kier alpha value is -1.88. The molecule has 5 heteroatoms. The molecule has 0 bridgehead atoms. The minimum absolute atomic E-state index is 0.215. The molecule has 0 amide bonds. The minimum Gasteiger partial charge on any atom is -0.481 e. The van der Waals surface area contributed by atoms with Gasteiger partial charge in [0.25, 0.3) is 0 Å². The van der Waals surface area contributed by atoms with E-state index in [1.165, 1.54) is 63.9 Å². The first-order valence-corrected chi connectivity index (χ1v) is 12.6. The van der Waals surface area contributed by atoms with Crippen LogP contribution in [0.25, 0.3) is 0 Å². The highest BCUT2D eigenvalue weighted by Gasteiger charge is 2.10. The van der Waals surface area contributed by atoms with Crippen LogP contribution in [0.2, 0.25) is 0 Å². The lowest BCUT2D eigenvalue weighted by molar-refractivity contribution is -0.141. The topological polar surface area (TPSA) is 72.8 Å². The molecule has 1 aromatic rings. The van der Waals surface area contributed by atoms with Crippen LogP contribution in [0.5, 0.6) is 0 Å². The number of carboxylic acid groups (broad SMARTS) is 1. The monoisotopic (exact) mass is 448 g/mol. The molecule has 0 radical (unpaired) electrons. The van der Waals surface area contributed by atoms with Crippen LogP contribution < -0.4 is 0 Å². The first-order valence-electron chi connectivity index (χ1n) is 12.6. The number of carbonyl (C=O) groups is 2. The number of esters is 1. The highest BCUT2D eigenvalue weighted by molar-refractivity contribution is 5.66. The van der Waals surface area contributed by atoms with Crippen LogP contribution in [0.4, 0.5) is 0 Å². The molecular weight excluding hydrogens is 404 g/mol. The van der Waals surface area contributed by atoms with E-state index in [0.717, 1.165) is 38.5 Å². The van der Waals surface area contributed by atoms with Crippen LogP contribution in [0, 0.1) is 0 Å². The van der Waals surface area contributed by atoms with Crippen molar-refractivity contribution in [2.24, 2.45) is 0 Å². The lowest BCUT2D eigenvalue weighted by atomic mass is 10.0. The average Bonchev–Trinajstić information content (AvgIpc) is 2.77. The lowest BCUT2D eigenvalue weighted by Gasteiger charge is -2.18. The van der Waals surface area contributed by atoms with Crippen molar-refractivity contribution in [2.75, 3.05) is 6.61 Å². The number of rotatable bonds is 21. The van der Waals surface area contributed by atoms with Crippen LogP contribution in [-0.4, -0.2) is 29.8 Å². The predicted molar refractivity (Wildman–Crippen MR) is 129 cm³/mol. The predicted octanol–water partition coefficient (Wildman–Crippen LogP) is 7.07. The molecule has 5 nitrogen and oxygen atoms in total. The molecule has 0 aromatic heterocycles. The van der Waals surface area contributed by atoms with Crippen molar-refractivity contribution in [1.29, 1.82) is 0 Å². The fourth-order valence-corrected chi connectivity index (χ4v) is 3.87. The van der Waals surface area contributed by atoms with Crippen molar-refractivity contribution in [3.05, 3.63) is 35.9 Å². The zero-order valence-corrected chi connectivity index (χ0v) is 20.1. The smallest absolute Gasteiger partial charge is 0.303 e. The number of carbonyl (C=O) groups excluding carboxylic acids is 1. The Bertz CT molecular complexity index is 587. The quantitative estimate of drug-likeness (QED) is 0.161. The number of hydrogen-bond acceptors (Lipinski definition) is 4. The van der Waals surface area contributed by atoms with E-state index < -0.39 is 5.97 Å². The molecule has 182 valence electrons. The van der Waals surface area contributed by atoms with E-state index in [2.05, 4.69) is 12.1 Å². The number of carboxylic acids is 1. The van der Waals surface area contributed by atoms with E-state index in [1.54, 1.807) is 0 Å². The second-order valence-corrected chi connectivity index (χ2v) is 8.72. The maximum atomic E-state index is 10.9. The van der Waals surface area contributed by atoms with Crippen LogP contribution >= 0.6 is 0 Å². The van der Waals surface area contributed by atoms with Crippen molar-refractivity contribution >= 4 is 11.9 Å².